The molecular formula is C29H36N2O6. The van der Waals surface area contributed by atoms with Gasteiger partial charge in [0.2, 0.25) is 11.8 Å². The van der Waals surface area contributed by atoms with Gasteiger partial charge in [0.25, 0.3) is 0 Å². The highest BCUT2D eigenvalue weighted by atomic mass is 16.5. The number of fused-ring (bicyclic) bond motifs is 1. The van der Waals surface area contributed by atoms with Crippen LogP contribution >= 0.6 is 0 Å². The Balaban J connectivity index is 1.82. The zero-order valence-corrected chi connectivity index (χ0v) is 21.9. The van der Waals surface area contributed by atoms with Gasteiger partial charge >= 0.3 is 5.97 Å². The monoisotopic (exact) mass is 508 g/mol. The Hall–Kier alpha value is -3.39. The lowest BCUT2D eigenvalue weighted by Gasteiger charge is -2.36. The van der Waals surface area contributed by atoms with Gasteiger partial charge in [-0.25, -0.2) is 0 Å². The van der Waals surface area contributed by atoms with Crippen molar-refractivity contribution in [3.05, 3.63) is 59.7 Å². The summed E-state index contributed by atoms with van der Waals surface area (Å²) in [4.78, 5) is 41.6. The smallest absolute Gasteiger partial charge is 0.325 e. The Morgan fingerprint density at radius 3 is 2.46 bits per heavy atom. The van der Waals surface area contributed by atoms with Gasteiger partial charge in [-0.2, -0.15) is 0 Å². The SMILES string of the molecule is CCCCN1C(=O)C2C(c3cccc(OC)c3OCc3ccccc3)NC(C(=O)O)(C(C)CC)C2C1=O. The number of imide groups is 1. The number of aliphatic carboxylic acids is 1. The molecule has 2 aromatic carbocycles. The number of unbranched alkanes of at least 4 members (excludes halogenated alkanes) is 1. The average Bonchev–Trinajstić information content (AvgIpc) is 3.40. The van der Waals surface area contributed by atoms with Gasteiger partial charge in [-0.3, -0.25) is 24.6 Å². The lowest BCUT2D eigenvalue weighted by molar-refractivity contribution is -0.154. The zero-order chi connectivity index (χ0) is 26.7. The number of nitrogens with zero attached hydrogens (tertiary/aromatic N) is 1. The van der Waals surface area contributed by atoms with E-state index in [0.29, 0.717) is 36.4 Å². The van der Waals surface area contributed by atoms with E-state index in [1.165, 1.54) is 12.0 Å². The summed E-state index contributed by atoms with van der Waals surface area (Å²) in [6.07, 6.45) is 2.01. The molecule has 0 bridgehead atoms. The third kappa shape index (κ3) is 4.48. The van der Waals surface area contributed by atoms with Crippen LogP contribution in [0.25, 0.3) is 0 Å². The number of benzene rings is 2. The van der Waals surface area contributed by atoms with Crippen LogP contribution in [0.15, 0.2) is 48.5 Å². The van der Waals surface area contributed by atoms with Gasteiger partial charge in [0.1, 0.15) is 12.1 Å². The number of hydrogen-bond donors (Lipinski definition) is 2. The molecule has 8 heteroatoms. The molecule has 8 nitrogen and oxygen atoms in total. The molecule has 2 aromatic rings. The van der Waals surface area contributed by atoms with E-state index < -0.39 is 41.2 Å². The first-order valence-corrected chi connectivity index (χ1v) is 13.0. The molecule has 198 valence electrons. The largest absolute Gasteiger partial charge is 0.493 e. The number of carbonyl (C=O) groups excluding carboxylic acids is 2. The normalized spacial score (nSPS) is 25.7. The second-order valence-electron chi connectivity index (χ2n) is 9.94. The molecule has 2 N–H and O–H groups in total. The van der Waals surface area contributed by atoms with E-state index in [9.17, 15) is 19.5 Å². The highest BCUT2D eigenvalue weighted by molar-refractivity contribution is 6.09. The Bertz CT molecular complexity index is 1150. The number of likely N-dealkylation sites (tertiary alicyclic amines) is 1. The van der Waals surface area contributed by atoms with Crippen molar-refractivity contribution in [1.29, 1.82) is 0 Å². The van der Waals surface area contributed by atoms with Gasteiger partial charge in [-0.1, -0.05) is 76.1 Å². The minimum atomic E-state index is -1.59. The third-order valence-electron chi connectivity index (χ3n) is 7.96. The first-order chi connectivity index (χ1) is 17.8. The Kier molecular flexibility index (Phi) is 7.87. The van der Waals surface area contributed by atoms with Crippen LogP contribution in [0.3, 0.4) is 0 Å². The highest BCUT2D eigenvalue weighted by Crippen LogP contribution is 2.54. The average molecular weight is 509 g/mol. The van der Waals surface area contributed by atoms with Crippen LogP contribution in [-0.2, 0) is 21.0 Å². The molecule has 5 unspecified atom stereocenters. The number of hydrogen-bond acceptors (Lipinski definition) is 6. The van der Waals surface area contributed by atoms with Crippen molar-refractivity contribution < 1.29 is 29.0 Å². The molecular weight excluding hydrogens is 472 g/mol. The standard InChI is InChI=1S/C29H36N2O6/c1-5-7-16-31-26(32)22-23(27(31)33)29(28(34)35,18(3)6-2)30-24(22)20-14-11-15-21(36-4)25(20)37-17-19-12-9-8-10-13-19/h8-15,18,22-24,30H,5-7,16-17H2,1-4H3,(H,34,35). The molecule has 2 aliphatic heterocycles. The maximum atomic E-state index is 13.8. The van der Waals surface area contributed by atoms with E-state index in [1.54, 1.807) is 12.1 Å². The van der Waals surface area contributed by atoms with E-state index in [0.717, 1.165) is 12.0 Å². The van der Waals surface area contributed by atoms with Crippen LogP contribution in [0.2, 0.25) is 0 Å². The summed E-state index contributed by atoms with van der Waals surface area (Å²) in [7, 11) is 1.54. The molecule has 0 radical (unpaired) electrons. The molecule has 37 heavy (non-hydrogen) atoms. The number of amides is 2. The topological polar surface area (TPSA) is 105 Å². The van der Waals surface area contributed by atoms with E-state index in [-0.39, 0.29) is 12.5 Å². The fraction of sp³-hybridized carbons (Fsp3) is 0.483. The molecule has 2 amide bonds. The van der Waals surface area contributed by atoms with Crippen LogP contribution in [0.1, 0.15) is 57.2 Å². The first kappa shape index (κ1) is 26.7. The molecule has 2 aliphatic rings. The number of para-hydroxylation sites is 1. The molecule has 2 saturated heterocycles. The minimum absolute atomic E-state index is 0.264. The van der Waals surface area contributed by atoms with Crippen molar-refractivity contribution in [3.63, 3.8) is 0 Å². The lowest BCUT2D eigenvalue weighted by atomic mass is 9.72. The van der Waals surface area contributed by atoms with E-state index in [1.807, 2.05) is 57.2 Å². The molecule has 0 aromatic heterocycles. The number of ether oxygens (including phenoxy) is 2. The Labute approximate surface area is 217 Å². The van der Waals surface area contributed by atoms with Crippen molar-refractivity contribution in [3.8, 4) is 11.5 Å². The number of nitrogens with one attached hydrogen (secondary N) is 1. The molecule has 2 fully saturated rings. The maximum absolute atomic E-state index is 13.8. The molecule has 0 aliphatic carbocycles. The first-order valence-electron chi connectivity index (χ1n) is 13.0. The summed E-state index contributed by atoms with van der Waals surface area (Å²) in [6, 6.07) is 14.3. The van der Waals surface area contributed by atoms with Gasteiger partial charge in [0.05, 0.1) is 18.9 Å². The second kappa shape index (κ2) is 10.9. The predicted molar refractivity (Wildman–Crippen MR) is 138 cm³/mol. The van der Waals surface area contributed by atoms with Crippen molar-refractivity contribution in [2.75, 3.05) is 13.7 Å². The number of carbonyl (C=O) groups is 3. The van der Waals surface area contributed by atoms with Gasteiger partial charge in [0.15, 0.2) is 11.5 Å². The van der Waals surface area contributed by atoms with Gasteiger partial charge in [-0.15, -0.1) is 0 Å². The predicted octanol–water partition coefficient (Wildman–Crippen LogP) is 4.19. The summed E-state index contributed by atoms with van der Waals surface area (Å²) in [5.74, 6) is -3.22. The number of rotatable bonds is 11. The lowest BCUT2D eigenvalue weighted by Crippen LogP contribution is -2.59. The molecule has 4 rings (SSSR count). The quantitative estimate of drug-likeness (QED) is 0.439. The minimum Gasteiger partial charge on any atom is -0.493 e. The van der Waals surface area contributed by atoms with Crippen molar-refractivity contribution >= 4 is 17.8 Å². The van der Waals surface area contributed by atoms with Crippen LogP contribution in [0.5, 0.6) is 11.5 Å². The summed E-state index contributed by atoms with van der Waals surface area (Å²) < 4.78 is 11.9. The molecule has 5 atom stereocenters. The number of methoxy groups -OCH3 is 1. The summed E-state index contributed by atoms with van der Waals surface area (Å²) in [5.41, 5.74) is -0.0263. The van der Waals surface area contributed by atoms with Crippen LogP contribution < -0.4 is 14.8 Å². The maximum Gasteiger partial charge on any atom is 0.325 e. The molecule has 0 spiro atoms. The fourth-order valence-corrected chi connectivity index (χ4v) is 5.81. The van der Waals surface area contributed by atoms with Crippen molar-refractivity contribution in [1.82, 2.24) is 10.2 Å². The molecule has 2 heterocycles. The molecule has 0 saturated carbocycles. The summed E-state index contributed by atoms with van der Waals surface area (Å²) in [6.45, 7) is 6.27. The van der Waals surface area contributed by atoms with E-state index in [2.05, 4.69) is 5.32 Å². The van der Waals surface area contributed by atoms with E-state index >= 15 is 0 Å². The Morgan fingerprint density at radius 2 is 1.84 bits per heavy atom. The zero-order valence-electron chi connectivity index (χ0n) is 21.9. The number of carboxylic acid groups (broad SMARTS) is 1. The van der Waals surface area contributed by atoms with E-state index in [4.69, 9.17) is 9.47 Å². The number of carboxylic acids is 1. The second-order valence-corrected chi connectivity index (χ2v) is 9.94. The third-order valence-corrected chi connectivity index (χ3v) is 7.96. The Morgan fingerprint density at radius 1 is 1.11 bits per heavy atom. The van der Waals surface area contributed by atoms with Gasteiger partial charge in [-0.05, 0) is 24.0 Å². The van der Waals surface area contributed by atoms with Crippen LogP contribution in [0.4, 0.5) is 0 Å². The summed E-state index contributed by atoms with van der Waals surface area (Å²) >= 11 is 0. The van der Waals surface area contributed by atoms with Gasteiger partial charge < -0.3 is 14.6 Å². The van der Waals surface area contributed by atoms with Crippen molar-refractivity contribution in [2.45, 2.75) is 58.2 Å². The highest BCUT2D eigenvalue weighted by Gasteiger charge is 2.70. The fourth-order valence-electron chi connectivity index (χ4n) is 5.81. The summed E-state index contributed by atoms with van der Waals surface area (Å²) in [5, 5.41) is 13.9. The van der Waals surface area contributed by atoms with Crippen LogP contribution in [-0.4, -0.2) is 47.0 Å². The van der Waals surface area contributed by atoms with Gasteiger partial charge in [0, 0.05) is 18.2 Å². The van der Waals surface area contributed by atoms with Crippen LogP contribution in [0, 0.1) is 17.8 Å². The van der Waals surface area contributed by atoms with Crippen molar-refractivity contribution in [2.24, 2.45) is 17.8 Å².